The van der Waals surface area contributed by atoms with Crippen LogP contribution in [0.3, 0.4) is 0 Å². The minimum atomic E-state index is -3.77. The third-order valence-corrected chi connectivity index (χ3v) is 7.59. The Morgan fingerprint density at radius 2 is 1.08 bits per heavy atom. The second-order valence-electron chi connectivity index (χ2n) is 6.86. The highest BCUT2D eigenvalue weighted by Gasteiger charge is 2.36. The molecule has 0 aliphatic heterocycles. The van der Waals surface area contributed by atoms with Gasteiger partial charge >= 0.3 is 15.5 Å². The molecule has 0 aromatic rings. The van der Waals surface area contributed by atoms with Gasteiger partial charge < -0.3 is 0 Å². The van der Waals surface area contributed by atoms with Gasteiger partial charge in [0, 0.05) is 0 Å². The topological polar surface area (TPSA) is 75.6 Å². The van der Waals surface area contributed by atoms with Gasteiger partial charge in [-0.25, -0.2) is 4.57 Å². The molecule has 26 heavy (non-hydrogen) atoms. The van der Waals surface area contributed by atoms with Crippen LogP contribution in [-0.4, -0.2) is 31.5 Å². The zero-order chi connectivity index (χ0) is 20.2. The van der Waals surface area contributed by atoms with Crippen LogP contribution >= 0.6 is 15.5 Å². The third-order valence-electron chi connectivity index (χ3n) is 2.76. The van der Waals surface area contributed by atoms with Gasteiger partial charge in [0.15, 0.2) is 0 Å². The second-order valence-corrected chi connectivity index (χ2v) is 10.6. The number of nitrogens with zero attached hydrogens (tertiary/aromatic N) is 1. The first-order valence-electron chi connectivity index (χ1n) is 9.66. The van der Waals surface area contributed by atoms with Crippen molar-refractivity contribution in [1.29, 1.82) is 0 Å². The van der Waals surface area contributed by atoms with Crippen LogP contribution in [-0.2, 0) is 27.2 Å². The molecule has 0 fully saturated rings. The number of hydrogen-bond donors (Lipinski definition) is 0. The van der Waals surface area contributed by atoms with Gasteiger partial charge in [0.25, 0.3) is 0 Å². The number of rotatable bonds is 15. The molecule has 0 spiro atoms. The van der Waals surface area contributed by atoms with Crippen molar-refractivity contribution < 1.29 is 27.2 Å². The van der Waals surface area contributed by atoms with Crippen LogP contribution in [0.5, 0.6) is 0 Å². The zero-order valence-corrected chi connectivity index (χ0v) is 19.6. The van der Waals surface area contributed by atoms with Crippen LogP contribution in [0.4, 0.5) is 0 Å². The summed E-state index contributed by atoms with van der Waals surface area (Å²) in [7, 11) is -7.04. The maximum absolute atomic E-state index is 13.3. The molecular formula is C17H39NO6P2. The van der Waals surface area contributed by atoms with Crippen molar-refractivity contribution in [3.05, 3.63) is 0 Å². The zero-order valence-electron chi connectivity index (χ0n) is 17.8. The molecule has 0 saturated heterocycles. The fourth-order valence-corrected chi connectivity index (χ4v) is 6.34. The lowest BCUT2D eigenvalue weighted by Crippen LogP contribution is -2.14. The Morgan fingerprint density at radius 1 is 0.731 bits per heavy atom. The molecule has 0 aromatic heterocycles. The van der Waals surface area contributed by atoms with Crippen LogP contribution < -0.4 is 0 Å². The Balaban J connectivity index is 5.89. The number of unbranched alkanes of at least 4 members (excludes halogenated alkanes) is 2. The smallest absolute Gasteiger partial charge is 0.300 e. The SMILES string of the molecule is CCCCOP(=O)(N=P(OC(C)C)(OC(C)C)OC(C)C)OCCCC. The average Bonchev–Trinajstić information content (AvgIpc) is 2.44. The van der Waals surface area contributed by atoms with Crippen molar-refractivity contribution in [1.82, 2.24) is 0 Å². The van der Waals surface area contributed by atoms with Gasteiger partial charge in [-0.05, 0) is 54.4 Å². The lowest BCUT2D eigenvalue weighted by Gasteiger charge is -2.29. The summed E-state index contributed by atoms with van der Waals surface area (Å²) in [6.07, 6.45) is 2.72. The summed E-state index contributed by atoms with van der Waals surface area (Å²) in [5.74, 6) is 0. The Labute approximate surface area is 160 Å². The maximum atomic E-state index is 13.3. The van der Waals surface area contributed by atoms with Crippen molar-refractivity contribution in [2.24, 2.45) is 4.52 Å². The van der Waals surface area contributed by atoms with E-state index in [2.05, 4.69) is 4.52 Å². The molecular weight excluding hydrogens is 376 g/mol. The van der Waals surface area contributed by atoms with Crippen LogP contribution in [0.2, 0.25) is 0 Å². The molecule has 0 aliphatic rings. The van der Waals surface area contributed by atoms with E-state index in [4.69, 9.17) is 22.6 Å². The lowest BCUT2D eigenvalue weighted by atomic mass is 10.4. The van der Waals surface area contributed by atoms with Crippen LogP contribution in [0, 0.1) is 0 Å². The molecule has 0 rings (SSSR count). The van der Waals surface area contributed by atoms with E-state index < -0.39 is 15.5 Å². The van der Waals surface area contributed by atoms with E-state index in [1.54, 1.807) is 0 Å². The first kappa shape index (κ1) is 26.3. The fourth-order valence-electron chi connectivity index (χ4n) is 1.81. The van der Waals surface area contributed by atoms with Gasteiger partial charge in [-0.2, -0.15) is 0 Å². The summed E-state index contributed by atoms with van der Waals surface area (Å²) in [6.45, 7) is 15.8. The van der Waals surface area contributed by atoms with E-state index in [1.165, 1.54) is 0 Å². The Bertz CT molecular complexity index is 421. The van der Waals surface area contributed by atoms with Crippen LogP contribution in [0.15, 0.2) is 4.52 Å². The van der Waals surface area contributed by atoms with Gasteiger partial charge in [0.2, 0.25) is 0 Å². The predicted molar refractivity (Wildman–Crippen MR) is 107 cm³/mol. The van der Waals surface area contributed by atoms with Crippen molar-refractivity contribution >= 4 is 15.5 Å². The summed E-state index contributed by atoms with van der Waals surface area (Å²) in [6, 6.07) is 0. The lowest BCUT2D eigenvalue weighted by molar-refractivity contribution is 0.0831. The van der Waals surface area contributed by atoms with E-state index in [1.807, 2.05) is 55.4 Å². The summed E-state index contributed by atoms with van der Waals surface area (Å²) in [5, 5.41) is 0. The maximum Gasteiger partial charge on any atom is 0.458 e. The fraction of sp³-hybridized carbons (Fsp3) is 1.00. The quantitative estimate of drug-likeness (QED) is 0.213. The molecule has 7 nitrogen and oxygen atoms in total. The van der Waals surface area contributed by atoms with E-state index in [9.17, 15) is 4.57 Å². The van der Waals surface area contributed by atoms with Crippen LogP contribution in [0.25, 0.3) is 0 Å². The first-order valence-corrected chi connectivity index (χ1v) is 12.6. The van der Waals surface area contributed by atoms with E-state index in [0.29, 0.717) is 13.2 Å². The normalized spacial score (nSPS) is 13.2. The van der Waals surface area contributed by atoms with Gasteiger partial charge in [0.1, 0.15) is 0 Å². The largest absolute Gasteiger partial charge is 0.458 e. The summed E-state index contributed by atoms with van der Waals surface area (Å²) in [5.41, 5.74) is 0. The van der Waals surface area contributed by atoms with E-state index in [-0.39, 0.29) is 18.3 Å². The van der Waals surface area contributed by atoms with Crippen LogP contribution in [0.1, 0.15) is 81.1 Å². The Hall–Kier alpha value is 0.260. The van der Waals surface area contributed by atoms with Gasteiger partial charge in [-0.1, -0.05) is 26.7 Å². The monoisotopic (exact) mass is 415 g/mol. The Kier molecular flexibility index (Phi) is 13.6. The highest BCUT2D eigenvalue weighted by molar-refractivity contribution is 7.63. The standard InChI is InChI=1S/C17H39NO6P2/c1-9-11-13-20-25(19,21-14-12-10-2)18-26(22-15(3)4,23-16(5)6)24-17(7)8/h15-17H,9-14H2,1-8H3. The molecule has 0 heterocycles. The molecule has 0 aliphatic carbocycles. The Morgan fingerprint density at radius 3 is 1.35 bits per heavy atom. The van der Waals surface area contributed by atoms with Crippen molar-refractivity contribution in [2.75, 3.05) is 13.2 Å². The summed E-state index contributed by atoms with van der Waals surface area (Å²) >= 11 is 0. The van der Waals surface area contributed by atoms with E-state index in [0.717, 1.165) is 25.7 Å². The summed E-state index contributed by atoms with van der Waals surface area (Å²) in [4.78, 5) is 0. The van der Waals surface area contributed by atoms with Gasteiger partial charge in [-0.3, -0.25) is 22.6 Å². The molecule has 0 saturated carbocycles. The first-order chi connectivity index (χ1) is 12.1. The van der Waals surface area contributed by atoms with Crippen molar-refractivity contribution in [3.8, 4) is 0 Å². The predicted octanol–water partition coefficient (Wildman–Crippen LogP) is 6.95. The average molecular weight is 415 g/mol. The van der Waals surface area contributed by atoms with E-state index >= 15 is 0 Å². The molecule has 0 unspecified atom stereocenters. The molecule has 0 atom stereocenters. The molecule has 0 bridgehead atoms. The van der Waals surface area contributed by atoms with Gasteiger partial charge in [0.05, 0.1) is 31.5 Å². The van der Waals surface area contributed by atoms with Crippen molar-refractivity contribution in [3.63, 3.8) is 0 Å². The molecule has 158 valence electrons. The van der Waals surface area contributed by atoms with Gasteiger partial charge in [-0.15, -0.1) is 4.52 Å². The highest BCUT2D eigenvalue weighted by Crippen LogP contribution is 2.66. The minimum absolute atomic E-state index is 0.218. The highest BCUT2D eigenvalue weighted by atomic mass is 31.2. The third kappa shape index (κ3) is 11.9. The summed E-state index contributed by atoms with van der Waals surface area (Å²) < 4.78 is 46.6. The molecule has 9 heteroatoms. The second kappa shape index (κ2) is 13.4. The number of hydrogen-bond acceptors (Lipinski definition) is 6. The van der Waals surface area contributed by atoms with Crippen molar-refractivity contribution in [2.45, 2.75) is 99.4 Å². The molecule has 0 N–H and O–H groups in total. The molecule has 0 amide bonds. The minimum Gasteiger partial charge on any atom is -0.300 e. The molecule has 0 radical (unpaired) electrons. The molecule has 0 aromatic carbocycles.